The van der Waals surface area contributed by atoms with Crippen molar-refractivity contribution >= 4 is 22.9 Å². The van der Waals surface area contributed by atoms with Crippen molar-refractivity contribution in [1.82, 2.24) is 5.43 Å². The lowest BCUT2D eigenvalue weighted by Gasteiger charge is -2.30. The molecule has 2 atom stereocenters. The minimum absolute atomic E-state index is 0.0200. The van der Waals surface area contributed by atoms with Crippen LogP contribution in [0.4, 0.5) is 4.39 Å². The van der Waals surface area contributed by atoms with Gasteiger partial charge in [0, 0.05) is 16.8 Å². The van der Waals surface area contributed by atoms with Crippen molar-refractivity contribution in [3.05, 3.63) is 56.5 Å². The Morgan fingerprint density at radius 1 is 1.43 bits per heavy atom. The molecule has 0 radical (unpaired) electrons. The monoisotopic (exact) mass is 324 g/mol. The highest BCUT2D eigenvalue weighted by Crippen LogP contribution is 2.38. The van der Waals surface area contributed by atoms with Gasteiger partial charge >= 0.3 is 0 Å². The van der Waals surface area contributed by atoms with Crippen LogP contribution in [0.15, 0.2) is 29.6 Å². The zero-order valence-electron chi connectivity index (χ0n) is 11.6. The highest BCUT2D eigenvalue weighted by molar-refractivity contribution is 7.10. The zero-order valence-corrected chi connectivity index (χ0v) is 13.2. The molecule has 1 aromatic heterocycles. The van der Waals surface area contributed by atoms with E-state index in [1.165, 1.54) is 10.4 Å². The third kappa shape index (κ3) is 2.99. The second kappa shape index (κ2) is 6.44. The van der Waals surface area contributed by atoms with E-state index in [4.69, 9.17) is 17.4 Å². The number of hydrogen-bond donors (Lipinski definition) is 2. The molecule has 1 aliphatic rings. The van der Waals surface area contributed by atoms with Crippen molar-refractivity contribution in [3.8, 4) is 0 Å². The molecular formula is C16H18ClFN2S. The molecular weight excluding hydrogens is 307 g/mol. The standard InChI is InChI=1S/C16H18ClFN2S/c17-13-5-1-3-10(16(13)18)9-14(20-19)11-4-2-6-15-12(11)7-8-21-15/h1,3,5,7-8,11,14,20H,2,4,6,9,19H2. The summed E-state index contributed by atoms with van der Waals surface area (Å²) in [6, 6.07) is 7.34. The number of benzene rings is 1. The minimum Gasteiger partial charge on any atom is -0.271 e. The largest absolute Gasteiger partial charge is 0.271 e. The van der Waals surface area contributed by atoms with Gasteiger partial charge in [-0.15, -0.1) is 11.3 Å². The number of halogens is 2. The fourth-order valence-corrected chi connectivity index (χ4v) is 4.39. The highest BCUT2D eigenvalue weighted by Gasteiger charge is 2.29. The van der Waals surface area contributed by atoms with Crippen LogP contribution in [0.25, 0.3) is 0 Å². The van der Waals surface area contributed by atoms with Gasteiger partial charge < -0.3 is 0 Å². The highest BCUT2D eigenvalue weighted by atomic mass is 35.5. The molecule has 0 aliphatic heterocycles. The van der Waals surface area contributed by atoms with Crippen molar-refractivity contribution in [2.45, 2.75) is 37.6 Å². The van der Waals surface area contributed by atoms with Crippen LogP contribution >= 0.6 is 22.9 Å². The summed E-state index contributed by atoms with van der Waals surface area (Å²) >= 11 is 7.67. The normalized spacial score (nSPS) is 19.3. The molecule has 1 aromatic carbocycles. The average molecular weight is 325 g/mol. The number of fused-ring (bicyclic) bond motifs is 1. The number of aryl methyl sites for hydroxylation is 1. The van der Waals surface area contributed by atoms with Crippen LogP contribution in [-0.2, 0) is 12.8 Å². The first kappa shape index (κ1) is 15.0. The lowest BCUT2D eigenvalue weighted by molar-refractivity contribution is 0.393. The predicted molar refractivity (Wildman–Crippen MR) is 86.2 cm³/mol. The lowest BCUT2D eigenvalue weighted by Crippen LogP contribution is -2.42. The molecule has 3 rings (SSSR count). The fourth-order valence-electron chi connectivity index (χ4n) is 3.20. The van der Waals surface area contributed by atoms with E-state index in [0.29, 0.717) is 17.9 Å². The Kier molecular flexibility index (Phi) is 4.60. The van der Waals surface area contributed by atoms with E-state index in [1.54, 1.807) is 29.5 Å². The van der Waals surface area contributed by atoms with E-state index in [-0.39, 0.29) is 16.9 Å². The smallest absolute Gasteiger partial charge is 0.145 e. The maximum absolute atomic E-state index is 14.1. The molecule has 2 unspecified atom stereocenters. The molecule has 1 aliphatic carbocycles. The van der Waals surface area contributed by atoms with Gasteiger partial charge in [0.05, 0.1) is 5.02 Å². The summed E-state index contributed by atoms with van der Waals surface area (Å²) < 4.78 is 14.1. The van der Waals surface area contributed by atoms with Crippen molar-refractivity contribution in [1.29, 1.82) is 0 Å². The maximum Gasteiger partial charge on any atom is 0.145 e. The van der Waals surface area contributed by atoms with E-state index in [0.717, 1.165) is 19.3 Å². The molecule has 5 heteroatoms. The molecule has 2 nitrogen and oxygen atoms in total. The number of hydrazine groups is 1. The molecule has 0 amide bonds. The van der Waals surface area contributed by atoms with Gasteiger partial charge in [0.15, 0.2) is 0 Å². The van der Waals surface area contributed by atoms with Crippen LogP contribution in [-0.4, -0.2) is 6.04 Å². The third-order valence-electron chi connectivity index (χ3n) is 4.27. The van der Waals surface area contributed by atoms with E-state index < -0.39 is 0 Å². The van der Waals surface area contributed by atoms with Crippen molar-refractivity contribution in [2.24, 2.45) is 5.84 Å². The predicted octanol–water partition coefficient (Wildman–Crippen LogP) is 4.04. The lowest BCUT2D eigenvalue weighted by atomic mass is 9.80. The van der Waals surface area contributed by atoms with E-state index in [9.17, 15) is 4.39 Å². The topological polar surface area (TPSA) is 38.0 Å². The van der Waals surface area contributed by atoms with Crippen LogP contribution < -0.4 is 11.3 Å². The van der Waals surface area contributed by atoms with Gasteiger partial charge in [-0.2, -0.15) is 0 Å². The molecule has 3 N–H and O–H groups in total. The molecule has 0 saturated carbocycles. The average Bonchev–Trinajstić information content (AvgIpc) is 2.97. The molecule has 0 fully saturated rings. The van der Waals surface area contributed by atoms with Crippen molar-refractivity contribution < 1.29 is 4.39 Å². The Bertz CT molecular complexity index is 628. The van der Waals surface area contributed by atoms with E-state index >= 15 is 0 Å². The second-order valence-electron chi connectivity index (χ2n) is 5.49. The van der Waals surface area contributed by atoms with Gasteiger partial charge in [-0.25, -0.2) is 4.39 Å². The van der Waals surface area contributed by atoms with Crippen molar-refractivity contribution in [2.75, 3.05) is 0 Å². The van der Waals surface area contributed by atoms with Crippen molar-refractivity contribution in [3.63, 3.8) is 0 Å². The molecule has 0 saturated heterocycles. The molecule has 112 valence electrons. The molecule has 0 spiro atoms. The van der Waals surface area contributed by atoms with E-state index in [1.807, 2.05) is 0 Å². The van der Waals surface area contributed by atoms with E-state index in [2.05, 4.69) is 16.9 Å². The first-order valence-corrected chi connectivity index (χ1v) is 8.41. The Hall–Kier alpha value is -0.940. The summed E-state index contributed by atoms with van der Waals surface area (Å²) in [5.41, 5.74) is 4.88. The third-order valence-corrected chi connectivity index (χ3v) is 5.56. The molecule has 2 aromatic rings. The van der Waals surface area contributed by atoms with Crippen LogP contribution in [0.2, 0.25) is 5.02 Å². The SMILES string of the molecule is NNC(Cc1cccc(Cl)c1F)C1CCCc2sccc21. The summed E-state index contributed by atoms with van der Waals surface area (Å²) in [5.74, 6) is 5.77. The van der Waals surface area contributed by atoms with Crippen LogP contribution in [0.5, 0.6) is 0 Å². The minimum atomic E-state index is -0.333. The molecule has 21 heavy (non-hydrogen) atoms. The van der Waals surface area contributed by atoms with Gasteiger partial charge in [-0.1, -0.05) is 23.7 Å². The summed E-state index contributed by atoms with van der Waals surface area (Å²) in [7, 11) is 0. The fraction of sp³-hybridized carbons (Fsp3) is 0.375. The van der Waals surface area contributed by atoms with Crippen LogP contribution in [0.3, 0.4) is 0 Å². The van der Waals surface area contributed by atoms with Crippen LogP contribution in [0, 0.1) is 5.82 Å². The van der Waals surface area contributed by atoms with Crippen LogP contribution in [0.1, 0.15) is 34.8 Å². The first-order valence-electron chi connectivity index (χ1n) is 7.16. The number of rotatable bonds is 4. The number of thiophene rings is 1. The Morgan fingerprint density at radius 3 is 3.10 bits per heavy atom. The maximum atomic E-state index is 14.1. The Morgan fingerprint density at radius 2 is 2.29 bits per heavy atom. The Labute approximate surface area is 133 Å². The summed E-state index contributed by atoms with van der Waals surface area (Å²) in [4.78, 5) is 1.44. The summed E-state index contributed by atoms with van der Waals surface area (Å²) in [6.45, 7) is 0. The van der Waals surface area contributed by atoms with Gasteiger partial charge in [0.1, 0.15) is 5.82 Å². The summed E-state index contributed by atoms with van der Waals surface area (Å²) in [6.07, 6.45) is 3.93. The molecule has 1 heterocycles. The molecule has 0 bridgehead atoms. The second-order valence-corrected chi connectivity index (χ2v) is 6.90. The number of hydrogen-bond acceptors (Lipinski definition) is 3. The first-order chi connectivity index (χ1) is 10.2. The number of nitrogens with one attached hydrogen (secondary N) is 1. The van der Waals surface area contributed by atoms with Gasteiger partial charge in [0.25, 0.3) is 0 Å². The quantitative estimate of drug-likeness (QED) is 0.658. The van der Waals surface area contributed by atoms with Gasteiger partial charge in [-0.3, -0.25) is 11.3 Å². The zero-order chi connectivity index (χ0) is 14.8. The van der Waals surface area contributed by atoms with Gasteiger partial charge in [-0.05, 0) is 54.3 Å². The van der Waals surface area contributed by atoms with Gasteiger partial charge in [0.2, 0.25) is 0 Å². The summed E-state index contributed by atoms with van der Waals surface area (Å²) in [5, 5.41) is 2.31. The number of nitrogens with two attached hydrogens (primary N) is 1. The Balaban J connectivity index is 1.85.